The van der Waals surface area contributed by atoms with Gasteiger partial charge in [0.05, 0.1) is 16.9 Å². The third-order valence-corrected chi connectivity index (χ3v) is 2.06. The largest absolute Gasteiger partial charge is 0.311 e. The fraction of sp³-hybridized carbons (Fsp3) is 0.625. The van der Waals surface area contributed by atoms with E-state index < -0.39 is 0 Å². The van der Waals surface area contributed by atoms with Crippen LogP contribution in [0.2, 0.25) is 5.02 Å². The lowest BCUT2D eigenvalue weighted by molar-refractivity contribution is 0.590. The van der Waals surface area contributed by atoms with Gasteiger partial charge < -0.3 is 5.32 Å². The van der Waals surface area contributed by atoms with E-state index in [2.05, 4.69) is 24.3 Å². The predicted molar refractivity (Wildman–Crippen MR) is 50.3 cm³/mol. The standard InChI is InChI=1S/C8H14ClN3/c1-3-10-6-8-7(9)5-11-12(8)4-2/h5,10H,3-4,6H2,1-2H3. The summed E-state index contributed by atoms with van der Waals surface area (Å²) in [7, 11) is 0. The van der Waals surface area contributed by atoms with Crippen LogP contribution in [0.3, 0.4) is 0 Å². The Kier molecular flexibility index (Phi) is 3.56. The molecule has 12 heavy (non-hydrogen) atoms. The van der Waals surface area contributed by atoms with Crippen LogP contribution in [0.5, 0.6) is 0 Å². The molecule has 0 unspecified atom stereocenters. The Morgan fingerprint density at radius 2 is 2.33 bits per heavy atom. The topological polar surface area (TPSA) is 29.9 Å². The molecule has 0 bridgehead atoms. The van der Waals surface area contributed by atoms with Crippen molar-refractivity contribution in [3.8, 4) is 0 Å². The second-order valence-electron chi connectivity index (χ2n) is 2.54. The molecule has 0 aliphatic heterocycles. The van der Waals surface area contributed by atoms with Crippen molar-refractivity contribution >= 4 is 11.6 Å². The molecule has 0 aliphatic carbocycles. The van der Waals surface area contributed by atoms with Gasteiger partial charge in [-0.1, -0.05) is 18.5 Å². The van der Waals surface area contributed by atoms with Crippen LogP contribution in [0.25, 0.3) is 0 Å². The fourth-order valence-corrected chi connectivity index (χ4v) is 1.29. The zero-order chi connectivity index (χ0) is 8.97. The average Bonchev–Trinajstić information content (AvgIpc) is 2.43. The molecule has 0 radical (unpaired) electrons. The van der Waals surface area contributed by atoms with Crippen LogP contribution in [0, 0.1) is 0 Å². The van der Waals surface area contributed by atoms with Gasteiger partial charge in [-0.3, -0.25) is 4.68 Å². The predicted octanol–water partition coefficient (Wildman–Crippen LogP) is 1.67. The lowest BCUT2D eigenvalue weighted by Crippen LogP contribution is -2.15. The summed E-state index contributed by atoms with van der Waals surface area (Å²) in [5, 5.41) is 8.10. The summed E-state index contributed by atoms with van der Waals surface area (Å²) in [5.74, 6) is 0. The van der Waals surface area contributed by atoms with E-state index in [4.69, 9.17) is 11.6 Å². The van der Waals surface area contributed by atoms with Crippen molar-refractivity contribution in [2.24, 2.45) is 0 Å². The highest BCUT2D eigenvalue weighted by atomic mass is 35.5. The van der Waals surface area contributed by atoms with E-state index in [9.17, 15) is 0 Å². The Labute approximate surface area is 77.7 Å². The molecule has 0 spiro atoms. The minimum absolute atomic E-state index is 0.748. The third kappa shape index (κ3) is 1.99. The molecule has 1 heterocycles. The second kappa shape index (κ2) is 4.48. The average molecular weight is 188 g/mol. The van der Waals surface area contributed by atoms with E-state index in [-0.39, 0.29) is 0 Å². The Hall–Kier alpha value is -0.540. The van der Waals surface area contributed by atoms with E-state index in [0.717, 1.165) is 30.4 Å². The van der Waals surface area contributed by atoms with Crippen molar-refractivity contribution in [3.05, 3.63) is 16.9 Å². The summed E-state index contributed by atoms with van der Waals surface area (Å²) >= 11 is 5.94. The van der Waals surface area contributed by atoms with Gasteiger partial charge in [-0.2, -0.15) is 5.10 Å². The van der Waals surface area contributed by atoms with Crippen LogP contribution >= 0.6 is 11.6 Å². The molecular weight excluding hydrogens is 174 g/mol. The molecule has 1 rings (SSSR count). The molecule has 1 aromatic rings. The van der Waals surface area contributed by atoms with Crippen molar-refractivity contribution in [2.75, 3.05) is 6.54 Å². The number of aromatic nitrogens is 2. The Morgan fingerprint density at radius 3 is 2.92 bits per heavy atom. The molecule has 0 aromatic carbocycles. The molecule has 68 valence electrons. The monoisotopic (exact) mass is 187 g/mol. The van der Waals surface area contributed by atoms with Crippen LogP contribution in [0.1, 0.15) is 19.5 Å². The van der Waals surface area contributed by atoms with E-state index in [0.29, 0.717) is 0 Å². The van der Waals surface area contributed by atoms with Gasteiger partial charge in [-0.05, 0) is 13.5 Å². The normalized spacial score (nSPS) is 10.6. The fourth-order valence-electron chi connectivity index (χ4n) is 1.08. The third-order valence-electron chi connectivity index (χ3n) is 1.74. The maximum atomic E-state index is 5.94. The summed E-state index contributed by atoms with van der Waals surface area (Å²) in [6, 6.07) is 0. The lowest BCUT2D eigenvalue weighted by atomic mass is 10.4. The van der Waals surface area contributed by atoms with Gasteiger partial charge in [-0.15, -0.1) is 0 Å². The van der Waals surface area contributed by atoms with Crippen LogP contribution in [-0.2, 0) is 13.1 Å². The first kappa shape index (κ1) is 9.55. The number of nitrogens with zero attached hydrogens (tertiary/aromatic N) is 2. The van der Waals surface area contributed by atoms with Gasteiger partial charge in [0.25, 0.3) is 0 Å². The number of hydrogen-bond acceptors (Lipinski definition) is 2. The first-order chi connectivity index (χ1) is 5.79. The first-order valence-corrected chi connectivity index (χ1v) is 4.58. The Bertz CT molecular complexity index is 244. The minimum Gasteiger partial charge on any atom is -0.311 e. The molecule has 0 atom stereocenters. The molecule has 0 saturated heterocycles. The number of rotatable bonds is 4. The van der Waals surface area contributed by atoms with Crippen LogP contribution in [0.4, 0.5) is 0 Å². The molecule has 4 heteroatoms. The molecule has 0 saturated carbocycles. The van der Waals surface area contributed by atoms with Gasteiger partial charge in [-0.25, -0.2) is 0 Å². The molecule has 3 nitrogen and oxygen atoms in total. The number of hydrogen-bond donors (Lipinski definition) is 1. The zero-order valence-electron chi connectivity index (χ0n) is 7.47. The Balaban J connectivity index is 2.72. The molecule has 0 amide bonds. The SMILES string of the molecule is CCNCc1c(Cl)cnn1CC. The summed E-state index contributed by atoms with van der Waals surface area (Å²) < 4.78 is 1.91. The zero-order valence-corrected chi connectivity index (χ0v) is 8.23. The highest BCUT2D eigenvalue weighted by Gasteiger charge is 2.05. The summed E-state index contributed by atoms with van der Waals surface area (Å²) in [6.45, 7) is 6.74. The van der Waals surface area contributed by atoms with E-state index in [1.54, 1.807) is 6.20 Å². The molecule has 1 aromatic heterocycles. The summed E-state index contributed by atoms with van der Waals surface area (Å²) in [6.07, 6.45) is 1.69. The van der Waals surface area contributed by atoms with Gasteiger partial charge in [0.2, 0.25) is 0 Å². The number of aryl methyl sites for hydroxylation is 1. The number of halogens is 1. The molecule has 1 N–H and O–H groups in total. The van der Waals surface area contributed by atoms with E-state index in [1.807, 2.05) is 4.68 Å². The molecule has 0 aliphatic rings. The second-order valence-corrected chi connectivity index (χ2v) is 2.94. The highest BCUT2D eigenvalue weighted by molar-refractivity contribution is 6.31. The highest BCUT2D eigenvalue weighted by Crippen LogP contribution is 2.14. The van der Waals surface area contributed by atoms with Crippen molar-refractivity contribution in [1.82, 2.24) is 15.1 Å². The number of nitrogens with one attached hydrogen (secondary N) is 1. The quantitative estimate of drug-likeness (QED) is 0.777. The summed E-state index contributed by atoms with van der Waals surface area (Å²) in [4.78, 5) is 0. The van der Waals surface area contributed by atoms with Crippen LogP contribution in [-0.4, -0.2) is 16.3 Å². The van der Waals surface area contributed by atoms with Gasteiger partial charge >= 0.3 is 0 Å². The summed E-state index contributed by atoms with van der Waals surface area (Å²) in [5.41, 5.74) is 1.07. The van der Waals surface area contributed by atoms with Crippen molar-refractivity contribution < 1.29 is 0 Å². The lowest BCUT2D eigenvalue weighted by Gasteiger charge is -2.04. The smallest absolute Gasteiger partial charge is 0.0831 e. The van der Waals surface area contributed by atoms with Crippen molar-refractivity contribution in [1.29, 1.82) is 0 Å². The van der Waals surface area contributed by atoms with E-state index in [1.165, 1.54) is 0 Å². The van der Waals surface area contributed by atoms with Crippen LogP contribution in [0.15, 0.2) is 6.20 Å². The molecular formula is C8H14ClN3. The maximum absolute atomic E-state index is 5.94. The minimum atomic E-state index is 0.748. The van der Waals surface area contributed by atoms with E-state index >= 15 is 0 Å². The Morgan fingerprint density at radius 1 is 1.58 bits per heavy atom. The first-order valence-electron chi connectivity index (χ1n) is 4.20. The van der Waals surface area contributed by atoms with Gasteiger partial charge in [0.15, 0.2) is 0 Å². The van der Waals surface area contributed by atoms with Gasteiger partial charge in [0, 0.05) is 13.1 Å². The van der Waals surface area contributed by atoms with Gasteiger partial charge in [0.1, 0.15) is 0 Å². The molecule has 0 fully saturated rings. The maximum Gasteiger partial charge on any atom is 0.0831 e. The van der Waals surface area contributed by atoms with Crippen LogP contribution < -0.4 is 5.32 Å². The van der Waals surface area contributed by atoms with Crippen molar-refractivity contribution in [3.63, 3.8) is 0 Å². The van der Waals surface area contributed by atoms with Crippen molar-refractivity contribution in [2.45, 2.75) is 26.9 Å².